The van der Waals surface area contributed by atoms with Gasteiger partial charge in [0.25, 0.3) is 11.8 Å². The van der Waals surface area contributed by atoms with Crippen molar-refractivity contribution < 1.29 is 24.2 Å². The van der Waals surface area contributed by atoms with E-state index in [1.165, 1.54) is 7.05 Å². The Labute approximate surface area is 147 Å². The van der Waals surface area contributed by atoms with Gasteiger partial charge in [-0.3, -0.25) is 14.4 Å². The highest BCUT2D eigenvalue weighted by Gasteiger charge is 2.20. The summed E-state index contributed by atoms with van der Waals surface area (Å²) in [6, 6.07) is 6.55. The molecule has 0 aromatic heterocycles. The van der Waals surface area contributed by atoms with Gasteiger partial charge < -0.3 is 19.6 Å². The molecule has 0 spiro atoms. The van der Waals surface area contributed by atoms with Crippen molar-refractivity contribution in [2.45, 2.75) is 25.7 Å². The van der Waals surface area contributed by atoms with Crippen molar-refractivity contribution in [1.82, 2.24) is 9.80 Å². The molecular formula is C18H24N2O5. The number of benzene rings is 1. The van der Waals surface area contributed by atoms with Crippen LogP contribution < -0.4 is 4.74 Å². The lowest BCUT2D eigenvalue weighted by Crippen LogP contribution is -2.36. The van der Waals surface area contributed by atoms with Gasteiger partial charge in [0.2, 0.25) is 0 Å². The Morgan fingerprint density at radius 2 is 1.76 bits per heavy atom. The molecule has 7 heteroatoms. The van der Waals surface area contributed by atoms with Crippen molar-refractivity contribution in [2.24, 2.45) is 0 Å². The second-order valence-corrected chi connectivity index (χ2v) is 6.13. The van der Waals surface area contributed by atoms with Gasteiger partial charge in [-0.2, -0.15) is 0 Å². The van der Waals surface area contributed by atoms with Gasteiger partial charge in [-0.05, 0) is 25.0 Å². The van der Waals surface area contributed by atoms with Gasteiger partial charge in [0, 0.05) is 20.1 Å². The number of hydrogen-bond acceptors (Lipinski definition) is 4. The van der Waals surface area contributed by atoms with Crippen LogP contribution in [-0.2, 0) is 9.59 Å². The van der Waals surface area contributed by atoms with E-state index in [0.717, 1.165) is 43.7 Å². The standard InChI is InChI=1S/C18H24N2O5/c1-19(12-17(22)23)18(24)14-8-4-5-9-15(14)25-13-16(21)20-10-6-2-3-7-11-20/h4-5,8-9H,2-3,6-7,10-13H2,1H3,(H,22,23). The van der Waals surface area contributed by atoms with Crippen LogP contribution in [-0.4, -0.2) is 66.0 Å². The Balaban J connectivity index is 2.01. The van der Waals surface area contributed by atoms with Gasteiger partial charge in [-0.25, -0.2) is 0 Å². The number of carbonyl (C=O) groups is 3. The average Bonchev–Trinajstić information content (AvgIpc) is 2.88. The molecule has 1 N–H and O–H groups in total. The molecule has 1 aromatic carbocycles. The average molecular weight is 348 g/mol. The molecule has 1 saturated heterocycles. The predicted octanol–water partition coefficient (Wildman–Crippen LogP) is 1.62. The largest absolute Gasteiger partial charge is 0.483 e. The number of aliphatic carboxylic acids is 1. The molecule has 1 fully saturated rings. The predicted molar refractivity (Wildman–Crippen MR) is 91.6 cm³/mol. The molecule has 0 bridgehead atoms. The monoisotopic (exact) mass is 348 g/mol. The summed E-state index contributed by atoms with van der Waals surface area (Å²) in [6.45, 7) is 0.945. The molecule has 2 amide bonds. The lowest BCUT2D eigenvalue weighted by molar-refractivity contribution is -0.137. The molecule has 0 aliphatic carbocycles. The number of carbonyl (C=O) groups excluding carboxylic acids is 2. The number of amides is 2. The van der Waals surface area contributed by atoms with E-state index in [-0.39, 0.29) is 23.8 Å². The molecule has 1 aromatic rings. The minimum atomic E-state index is -1.09. The lowest BCUT2D eigenvalue weighted by atomic mass is 10.1. The Morgan fingerprint density at radius 3 is 2.40 bits per heavy atom. The fourth-order valence-corrected chi connectivity index (χ4v) is 2.80. The molecule has 25 heavy (non-hydrogen) atoms. The molecule has 0 saturated carbocycles. The van der Waals surface area contributed by atoms with E-state index in [9.17, 15) is 14.4 Å². The summed E-state index contributed by atoms with van der Waals surface area (Å²) in [6.07, 6.45) is 4.28. The number of para-hydroxylation sites is 1. The van der Waals surface area contributed by atoms with Crippen LogP contribution in [0.4, 0.5) is 0 Å². The normalized spacial score (nSPS) is 14.5. The SMILES string of the molecule is CN(CC(=O)O)C(=O)c1ccccc1OCC(=O)N1CCCCCC1. The number of likely N-dealkylation sites (N-methyl/N-ethyl adjacent to an activating group) is 1. The number of nitrogens with zero attached hydrogens (tertiary/aromatic N) is 2. The first-order valence-electron chi connectivity index (χ1n) is 8.46. The molecule has 0 unspecified atom stereocenters. The fourth-order valence-electron chi connectivity index (χ4n) is 2.80. The zero-order valence-corrected chi connectivity index (χ0v) is 14.4. The Bertz CT molecular complexity index is 624. The number of hydrogen-bond donors (Lipinski definition) is 1. The molecule has 0 atom stereocenters. The van der Waals surface area contributed by atoms with Gasteiger partial charge in [0.1, 0.15) is 12.3 Å². The Hall–Kier alpha value is -2.57. The minimum Gasteiger partial charge on any atom is -0.483 e. The maximum atomic E-state index is 12.4. The van der Waals surface area contributed by atoms with Crippen molar-refractivity contribution in [3.8, 4) is 5.75 Å². The number of carboxylic acid groups (broad SMARTS) is 1. The highest BCUT2D eigenvalue weighted by molar-refractivity contribution is 5.98. The van der Waals surface area contributed by atoms with E-state index in [1.807, 2.05) is 0 Å². The molecule has 1 aliphatic rings. The zero-order valence-electron chi connectivity index (χ0n) is 14.4. The van der Waals surface area contributed by atoms with E-state index < -0.39 is 18.4 Å². The van der Waals surface area contributed by atoms with Gasteiger partial charge >= 0.3 is 5.97 Å². The molecule has 7 nitrogen and oxygen atoms in total. The second kappa shape index (κ2) is 9.05. The number of carboxylic acids is 1. The topological polar surface area (TPSA) is 87.1 Å². The van der Waals surface area contributed by atoms with E-state index in [2.05, 4.69) is 0 Å². The maximum absolute atomic E-state index is 12.4. The molecular weight excluding hydrogens is 324 g/mol. The number of likely N-dealkylation sites (tertiary alicyclic amines) is 1. The van der Waals surface area contributed by atoms with Crippen molar-refractivity contribution in [3.05, 3.63) is 29.8 Å². The van der Waals surface area contributed by atoms with Crippen molar-refractivity contribution in [3.63, 3.8) is 0 Å². The summed E-state index contributed by atoms with van der Waals surface area (Å²) < 4.78 is 5.58. The highest BCUT2D eigenvalue weighted by Crippen LogP contribution is 2.20. The Morgan fingerprint density at radius 1 is 1.12 bits per heavy atom. The third-order valence-corrected chi connectivity index (χ3v) is 4.15. The minimum absolute atomic E-state index is 0.0944. The fraction of sp³-hybridized carbons (Fsp3) is 0.500. The maximum Gasteiger partial charge on any atom is 0.323 e. The summed E-state index contributed by atoms with van der Waals surface area (Å²) in [5, 5.41) is 8.82. The first-order chi connectivity index (χ1) is 12.0. The summed E-state index contributed by atoms with van der Waals surface area (Å²) >= 11 is 0. The number of ether oxygens (including phenoxy) is 1. The molecule has 1 heterocycles. The molecule has 0 radical (unpaired) electrons. The van der Waals surface area contributed by atoms with Gasteiger partial charge in [-0.15, -0.1) is 0 Å². The van der Waals surface area contributed by atoms with Crippen LogP contribution in [0.1, 0.15) is 36.0 Å². The molecule has 1 aliphatic heterocycles. The molecule has 136 valence electrons. The first-order valence-corrected chi connectivity index (χ1v) is 8.46. The van der Waals surface area contributed by atoms with Gasteiger partial charge in [0.15, 0.2) is 6.61 Å². The van der Waals surface area contributed by atoms with Crippen LogP contribution in [0.3, 0.4) is 0 Å². The van der Waals surface area contributed by atoms with Crippen molar-refractivity contribution >= 4 is 17.8 Å². The highest BCUT2D eigenvalue weighted by atomic mass is 16.5. The third-order valence-electron chi connectivity index (χ3n) is 4.15. The summed E-state index contributed by atoms with van der Waals surface area (Å²) in [5.74, 6) is -1.36. The van der Waals surface area contributed by atoms with E-state index >= 15 is 0 Å². The lowest BCUT2D eigenvalue weighted by Gasteiger charge is -2.21. The summed E-state index contributed by atoms with van der Waals surface area (Å²) in [4.78, 5) is 38.4. The van der Waals surface area contributed by atoms with Crippen LogP contribution in [0.2, 0.25) is 0 Å². The first kappa shape index (κ1) is 18.8. The van der Waals surface area contributed by atoms with Crippen LogP contribution in [0, 0.1) is 0 Å². The van der Waals surface area contributed by atoms with Crippen molar-refractivity contribution in [2.75, 3.05) is 33.3 Å². The smallest absolute Gasteiger partial charge is 0.323 e. The summed E-state index contributed by atoms with van der Waals surface area (Å²) in [7, 11) is 1.41. The van der Waals surface area contributed by atoms with Crippen LogP contribution >= 0.6 is 0 Å². The van der Waals surface area contributed by atoms with Gasteiger partial charge in [0.05, 0.1) is 5.56 Å². The Kier molecular flexibility index (Phi) is 6.80. The quantitative estimate of drug-likeness (QED) is 0.844. The van der Waals surface area contributed by atoms with Crippen molar-refractivity contribution in [1.29, 1.82) is 0 Å². The molecule has 2 rings (SSSR count). The third kappa shape index (κ3) is 5.48. The number of rotatable bonds is 6. The van der Waals surface area contributed by atoms with Gasteiger partial charge in [-0.1, -0.05) is 25.0 Å². The van der Waals surface area contributed by atoms with Crippen LogP contribution in [0.15, 0.2) is 24.3 Å². The summed E-state index contributed by atoms with van der Waals surface area (Å²) in [5.41, 5.74) is 0.245. The van der Waals surface area contributed by atoms with E-state index in [4.69, 9.17) is 9.84 Å². The van der Waals surface area contributed by atoms with E-state index in [1.54, 1.807) is 29.2 Å². The van der Waals surface area contributed by atoms with Crippen LogP contribution in [0.5, 0.6) is 5.75 Å². The van der Waals surface area contributed by atoms with Crippen LogP contribution in [0.25, 0.3) is 0 Å². The zero-order chi connectivity index (χ0) is 18.2. The second-order valence-electron chi connectivity index (χ2n) is 6.13. The van der Waals surface area contributed by atoms with E-state index in [0.29, 0.717) is 0 Å².